The number of benzene rings is 1. The molecule has 86 valence electrons. The van der Waals surface area contributed by atoms with E-state index in [4.69, 9.17) is 0 Å². The van der Waals surface area contributed by atoms with Gasteiger partial charge >= 0.3 is 5.69 Å². The molecule has 0 saturated carbocycles. The first-order valence-electron chi connectivity index (χ1n) is 4.65. The van der Waals surface area contributed by atoms with Gasteiger partial charge in [0, 0.05) is 21.0 Å². The third-order valence-electron chi connectivity index (χ3n) is 1.99. The lowest BCUT2D eigenvalue weighted by atomic mass is 10.2. The lowest BCUT2D eigenvalue weighted by Gasteiger charge is -2.14. The van der Waals surface area contributed by atoms with Gasteiger partial charge in [0.25, 0.3) is 0 Å². The summed E-state index contributed by atoms with van der Waals surface area (Å²) in [5, 5.41) is 13.4. The quantitative estimate of drug-likeness (QED) is 0.624. The smallest absolute Gasteiger partial charge is 0.315 e. The van der Waals surface area contributed by atoms with Crippen molar-refractivity contribution in [3.05, 3.63) is 28.3 Å². The molecule has 0 bridgehead atoms. The number of hydrogen-bond donors (Lipinski definition) is 1. The summed E-state index contributed by atoms with van der Waals surface area (Å²) in [5.74, 6) is -0.334. The second kappa shape index (κ2) is 4.61. The topological polar surface area (TPSA) is 75.5 Å². The summed E-state index contributed by atoms with van der Waals surface area (Å²) in [6, 6.07) is 4.80. The van der Waals surface area contributed by atoms with Crippen molar-refractivity contribution in [2.24, 2.45) is 0 Å². The number of rotatable bonds is 3. The predicted octanol–water partition coefficient (Wildman–Crippen LogP) is 1.62. The number of nitro benzene ring substituents is 1. The molecular weight excluding hydrogens is 210 g/mol. The van der Waals surface area contributed by atoms with Crippen molar-refractivity contribution < 1.29 is 9.72 Å². The van der Waals surface area contributed by atoms with Gasteiger partial charge in [0.1, 0.15) is 11.4 Å². The van der Waals surface area contributed by atoms with Crippen molar-refractivity contribution >= 4 is 23.0 Å². The summed E-state index contributed by atoms with van der Waals surface area (Å²) in [4.78, 5) is 23.0. The lowest BCUT2D eigenvalue weighted by Crippen LogP contribution is -2.14. The van der Waals surface area contributed by atoms with Gasteiger partial charge in [-0.25, -0.2) is 0 Å². The normalized spacial score (nSPS) is 9.69. The Morgan fingerprint density at radius 1 is 1.44 bits per heavy atom. The highest BCUT2D eigenvalue weighted by molar-refractivity contribution is 5.93. The number of carbonyl (C=O) groups excluding carboxylic acids is 1. The van der Waals surface area contributed by atoms with E-state index in [-0.39, 0.29) is 17.3 Å². The van der Waals surface area contributed by atoms with Crippen LogP contribution in [-0.2, 0) is 4.79 Å². The van der Waals surface area contributed by atoms with Gasteiger partial charge in [0.05, 0.1) is 4.92 Å². The van der Waals surface area contributed by atoms with Crippen LogP contribution in [0, 0.1) is 10.1 Å². The number of carbonyl (C=O) groups is 1. The van der Waals surface area contributed by atoms with Crippen molar-refractivity contribution in [3.63, 3.8) is 0 Å². The Hall–Kier alpha value is -2.11. The first-order valence-corrected chi connectivity index (χ1v) is 4.65. The van der Waals surface area contributed by atoms with Crippen molar-refractivity contribution in [2.75, 3.05) is 24.3 Å². The monoisotopic (exact) mass is 223 g/mol. The molecule has 6 nitrogen and oxygen atoms in total. The molecule has 0 aliphatic rings. The Morgan fingerprint density at radius 2 is 2.06 bits per heavy atom. The number of nitrogens with one attached hydrogen (secondary N) is 1. The van der Waals surface area contributed by atoms with E-state index in [9.17, 15) is 14.9 Å². The van der Waals surface area contributed by atoms with Gasteiger partial charge in [-0.05, 0) is 12.1 Å². The van der Waals surface area contributed by atoms with Crippen LogP contribution in [0.1, 0.15) is 6.92 Å². The Balaban J connectivity index is 3.32. The van der Waals surface area contributed by atoms with E-state index in [1.54, 1.807) is 31.1 Å². The average molecular weight is 223 g/mol. The van der Waals surface area contributed by atoms with Gasteiger partial charge in [0.15, 0.2) is 0 Å². The second-order valence-corrected chi connectivity index (χ2v) is 3.51. The van der Waals surface area contributed by atoms with E-state index in [0.29, 0.717) is 5.69 Å². The van der Waals surface area contributed by atoms with Gasteiger partial charge in [-0.15, -0.1) is 0 Å². The summed E-state index contributed by atoms with van der Waals surface area (Å²) >= 11 is 0. The van der Waals surface area contributed by atoms with Crippen LogP contribution in [0.15, 0.2) is 18.2 Å². The summed E-state index contributed by atoms with van der Waals surface area (Å²) in [6.45, 7) is 1.31. The second-order valence-electron chi connectivity index (χ2n) is 3.51. The SMILES string of the molecule is CC(=O)Nc1cccc(N(C)C)c1[N+](=O)[O-]. The molecule has 1 amide bonds. The van der Waals surface area contributed by atoms with Gasteiger partial charge in [-0.1, -0.05) is 6.07 Å². The Bertz CT molecular complexity index is 429. The molecule has 0 fully saturated rings. The molecule has 0 atom stereocenters. The molecule has 1 aromatic rings. The van der Waals surface area contributed by atoms with E-state index in [2.05, 4.69) is 5.32 Å². The Morgan fingerprint density at radius 3 is 2.50 bits per heavy atom. The van der Waals surface area contributed by atoms with Crippen LogP contribution in [0.3, 0.4) is 0 Å². The largest absolute Gasteiger partial charge is 0.372 e. The van der Waals surface area contributed by atoms with Crippen LogP contribution in [0.25, 0.3) is 0 Å². The highest BCUT2D eigenvalue weighted by Crippen LogP contribution is 2.34. The van der Waals surface area contributed by atoms with E-state index in [1.807, 2.05) is 0 Å². The minimum atomic E-state index is -0.499. The fraction of sp³-hybridized carbons (Fsp3) is 0.300. The summed E-state index contributed by atoms with van der Waals surface area (Å²) in [7, 11) is 3.42. The third-order valence-corrected chi connectivity index (χ3v) is 1.99. The van der Waals surface area contributed by atoms with Crippen molar-refractivity contribution in [1.82, 2.24) is 0 Å². The minimum absolute atomic E-state index is 0.0947. The molecule has 0 aliphatic heterocycles. The molecule has 1 N–H and O–H groups in total. The number of hydrogen-bond acceptors (Lipinski definition) is 4. The Labute approximate surface area is 93.0 Å². The zero-order valence-corrected chi connectivity index (χ0v) is 9.35. The maximum Gasteiger partial charge on any atom is 0.315 e. The number of anilines is 2. The molecule has 16 heavy (non-hydrogen) atoms. The highest BCUT2D eigenvalue weighted by atomic mass is 16.6. The van der Waals surface area contributed by atoms with Gasteiger partial charge in [0.2, 0.25) is 5.91 Å². The molecule has 1 rings (SSSR count). The maximum atomic E-state index is 11.0. The first-order chi connectivity index (χ1) is 7.43. The molecule has 0 aromatic heterocycles. The lowest BCUT2D eigenvalue weighted by molar-refractivity contribution is -0.383. The summed E-state index contributed by atoms with van der Waals surface area (Å²) in [5.41, 5.74) is 0.572. The minimum Gasteiger partial charge on any atom is -0.372 e. The molecule has 0 heterocycles. The van der Waals surface area contributed by atoms with Crippen LogP contribution >= 0.6 is 0 Å². The molecular formula is C10H13N3O3. The molecule has 0 saturated heterocycles. The van der Waals surface area contributed by atoms with Gasteiger partial charge in [-0.3, -0.25) is 14.9 Å². The molecule has 0 aliphatic carbocycles. The fourth-order valence-electron chi connectivity index (χ4n) is 1.37. The number of para-hydroxylation sites is 1. The zero-order chi connectivity index (χ0) is 12.3. The summed E-state index contributed by atoms with van der Waals surface area (Å²) < 4.78 is 0. The van der Waals surface area contributed by atoms with Crippen LogP contribution in [0.4, 0.5) is 17.1 Å². The van der Waals surface area contributed by atoms with E-state index < -0.39 is 4.92 Å². The van der Waals surface area contributed by atoms with E-state index in [0.717, 1.165) is 0 Å². The molecule has 1 aromatic carbocycles. The number of nitro groups is 1. The average Bonchev–Trinajstić information content (AvgIpc) is 2.15. The predicted molar refractivity (Wildman–Crippen MR) is 61.7 cm³/mol. The number of nitrogens with zero attached hydrogens (tertiary/aromatic N) is 2. The van der Waals surface area contributed by atoms with Gasteiger partial charge in [-0.2, -0.15) is 0 Å². The van der Waals surface area contributed by atoms with Gasteiger partial charge < -0.3 is 10.2 Å². The maximum absolute atomic E-state index is 11.0. The van der Waals surface area contributed by atoms with Crippen LogP contribution in [-0.4, -0.2) is 24.9 Å². The first kappa shape index (κ1) is 12.0. The van der Waals surface area contributed by atoms with E-state index in [1.165, 1.54) is 13.0 Å². The molecule has 6 heteroatoms. The van der Waals surface area contributed by atoms with Crippen LogP contribution < -0.4 is 10.2 Å². The molecule has 0 radical (unpaired) electrons. The van der Waals surface area contributed by atoms with Crippen molar-refractivity contribution in [3.8, 4) is 0 Å². The van der Waals surface area contributed by atoms with Crippen LogP contribution in [0.2, 0.25) is 0 Å². The van der Waals surface area contributed by atoms with E-state index >= 15 is 0 Å². The Kier molecular flexibility index (Phi) is 3.44. The summed E-state index contributed by atoms with van der Waals surface area (Å²) in [6.07, 6.45) is 0. The fourth-order valence-corrected chi connectivity index (χ4v) is 1.37. The van der Waals surface area contributed by atoms with Crippen molar-refractivity contribution in [1.29, 1.82) is 0 Å². The zero-order valence-electron chi connectivity index (χ0n) is 9.35. The van der Waals surface area contributed by atoms with Crippen LogP contribution in [0.5, 0.6) is 0 Å². The standard InChI is InChI=1S/C10H13N3O3/c1-7(14)11-8-5-4-6-9(12(2)3)10(8)13(15)16/h4-6H,1-3H3,(H,11,14). The third kappa shape index (κ3) is 2.47. The molecule has 0 spiro atoms. The number of amides is 1. The molecule has 0 unspecified atom stereocenters. The van der Waals surface area contributed by atoms with Crippen molar-refractivity contribution in [2.45, 2.75) is 6.92 Å². The highest BCUT2D eigenvalue weighted by Gasteiger charge is 2.21.